The number of carbonyl (C=O) groups is 1. The van der Waals surface area contributed by atoms with Crippen LogP contribution >= 0.6 is 0 Å². The van der Waals surface area contributed by atoms with E-state index in [1.807, 2.05) is 32.0 Å². The van der Waals surface area contributed by atoms with Crippen LogP contribution in [0, 0.1) is 13.8 Å². The number of carbonyl (C=O) groups excluding carboxylic acids is 1. The number of aliphatic hydroxyl groups excluding tert-OH is 2. The first-order chi connectivity index (χ1) is 9.10. The van der Waals surface area contributed by atoms with Crippen molar-refractivity contribution in [1.29, 1.82) is 0 Å². The van der Waals surface area contributed by atoms with E-state index in [4.69, 9.17) is 10.2 Å². The van der Waals surface area contributed by atoms with Crippen LogP contribution in [0.3, 0.4) is 0 Å². The predicted octanol–water partition coefficient (Wildman–Crippen LogP) is 1.51. The van der Waals surface area contributed by atoms with Crippen molar-refractivity contribution in [3.63, 3.8) is 0 Å². The lowest BCUT2D eigenvalue weighted by molar-refractivity contribution is 0.180. The number of rotatable bonds is 6. The monoisotopic (exact) mass is 266 g/mol. The topological polar surface area (TPSA) is 72.8 Å². The molecular weight excluding hydrogens is 244 g/mol. The lowest BCUT2D eigenvalue weighted by Gasteiger charge is -2.23. The molecule has 1 rings (SSSR count). The summed E-state index contributed by atoms with van der Waals surface area (Å²) in [6.45, 7) is 4.49. The Kier molecular flexibility index (Phi) is 6.32. The fraction of sp³-hybridized carbons (Fsp3) is 0.500. The van der Waals surface area contributed by atoms with Gasteiger partial charge in [-0.25, -0.2) is 4.79 Å². The van der Waals surface area contributed by atoms with Gasteiger partial charge in [0.15, 0.2) is 0 Å². The molecule has 0 aliphatic rings. The molecule has 0 fully saturated rings. The Morgan fingerprint density at radius 3 is 2.32 bits per heavy atom. The summed E-state index contributed by atoms with van der Waals surface area (Å²) in [5.74, 6) is 0. The average molecular weight is 266 g/mol. The lowest BCUT2D eigenvalue weighted by Crippen LogP contribution is -2.38. The Morgan fingerprint density at radius 2 is 1.79 bits per heavy atom. The molecule has 5 heteroatoms. The standard InChI is InChI=1S/C14H22N2O3/c1-11-5-3-6-12(2)13(11)15-14(19)16(8-10-18)7-4-9-17/h3,5-6,17-18H,4,7-10H2,1-2H3,(H,15,19). The molecule has 106 valence electrons. The van der Waals surface area contributed by atoms with Crippen molar-refractivity contribution >= 4 is 11.7 Å². The number of nitrogens with one attached hydrogen (secondary N) is 1. The van der Waals surface area contributed by atoms with Crippen molar-refractivity contribution in [2.75, 3.05) is 31.6 Å². The number of para-hydroxylation sites is 1. The van der Waals surface area contributed by atoms with Crippen LogP contribution in [-0.4, -0.2) is 47.4 Å². The van der Waals surface area contributed by atoms with Gasteiger partial charge in [-0.1, -0.05) is 18.2 Å². The molecular formula is C14H22N2O3. The lowest BCUT2D eigenvalue weighted by atomic mass is 10.1. The maximum Gasteiger partial charge on any atom is 0.321 e. The number of amides is 2. The molecule has 0 unspecified atom stereocenters. The summed E-state index contributed by atoms with van der Waals surface area (Å²) in [6.07, 6.45) is 0.500. The van der Waals surface area contributed by atoms with Gasteiger partial charge >= 0.3 is 6.03 Å². The van der Waals surface area contributed by atoms with Crippen molar-refractivity contribution in [3.05, 3.63) is 29.3 Å². The fourth-order valence-corrected chi connectivity index (χ4v) is 1.89. The van der Waals surface area contributed by atoms with E-state index in [1.165, 1.54) is 4.90 Å². The van der Waals surface area contributed by atoms with Crippen LogP contribution in [0.25, 0.3) is 0 Å². The quantitative estimate of drug-likeness (QED) is 0.731. The number of anilines is 1. The summed E-state index contributed by atoms with van der Waals surface area (Å²) in [4.78, 5) is 13.6. The highest BCUT2D eigenvalue weighted by atomic mass is 16.3. The van der Waals surface area contributed by atoms with Gasteiger partial charge in [0.2, 0.25) is 0 Å². The summed E-state index contributed by atoms with van der Waals surface area (Å²) in [6, 6.07) is 5.57. The number of benzene rings is 1. The highest BCUT2D eigenvalue weighted by molar-refractivity contribution is 5.91. The molecule has 0 aliphatic heterocycles. The highest BCUT2D eigenvalue weighted by Crippen LogP contribution is 2.19. The van der Waals surface area contributed by atoms with E-state index in [-0.39, 0.29) is 25.8 Å². The van der Waals surface area contributed by atoms with Gasteiger partial charge in [-0.3, -0.25) is 0 Å². The molecule has 0 radical (unpaired) electrons. The van der Waals surface area contributed by atoms with E-state index in [0.29, 0.717) is 13.0 Å². The van der Waals surface area contributed by atoms with Gasteiger partial charge in [-0.05, 0) is 31.4 Å². The van der Waals surface area contributed by atoms with E-state index in [2.05, 4.69) is 5.32 Å². The number of hydrogen-bond acceptors (Lipinski definition) is 3. The minimum atomic E-state index is -0.250. The van der Waals surface area contributed by atoms with Gasteiger partial charge in [0.1, 0.15) is 0 Å². The molecule has 0 spiro atoms. The molecule has 5 nitrogen and oxygen atoms in total. The molecule has 1 aromatic carbocycles. The summed E-state index contributed by atoms with van der Waals surface area (Å²) < 4.78 is 0. The van der Waals surface area contributed by atoms with Crippen molar-refractivity contribution < 1.29 is 15.0 Å². The third-order valence-corrected chi connectivity index (χ3v) is 2.96. The zero-order valence-electron chi connectivity index (χ0n) is 11.5. The van der Waals surface area contributed by atoms with Gasteiger partial charge in [-0.2, -0.15) is 0 Å². The maximum absolute atomic E-state index is 12.1. The largest absolute Gasteiger partial charge is 0.396 e. The Morgan fingerprint density at radius 1 is 1.16 bits per heavy atom. The Hall–Kier alpha value is -1.59. The summed E-state index contributed by atoms with van der Waals surface area (Å²) in [5.41, 5.74) is 2.80. The zero-order chi connectivity index (χ0) is 14.3. The second-order valence-electron chi connectivity index (χ2n) is 4.48. The summed E-state index contributed by atoms with van der Waals surface area (Å²) in [5, 5.41) is 20.7. The zero-order valence-corrected chi connectivity index (χ0v) is 11.5. The number of nitrogens with zero attached hydrogens (tertiary/aromatic N) is 1. The number of aryl methyl sites for hydroxylation is 2. The van der Waals surface area contributed by atoms with Crippen LogP contribution in [0.4, 0.5) is 10.5 Å². The normalized spacial score (nSPS) is 10.3. The predicted molar refractivity (Wildman–Crippen MR) is 75.3 cm³/mol. The molecule has 19 heavy (non-hydrogen) atoms. The molecule has 1 aromatic rings. The van der Waals surface area contributed by atoms with Crippen LogP contribution < -0.4 is 5.32 Å². The van der Waals surface area contributed by atoms with Crippen LogP contribution in [0.1, 0.15) is 17.5 Å². The van der Waals surface area contributed by atoms with Gasteiger partial charge < -0.3 is 20.4 Å². The van der Waals surface area contributed by atoms with Crippen LogP contribution in [0.15, 0.2) is 18.2 Å². The molecule has 0 saturated heterocycles. The molecule has 0 bridgehead atoms. The molecule has 0 atom stereocenters. The molecule has 0 heterocycles. The second-order valence-corrected chi connectivity index (χ2v) is 4.48. The first-order valence-electron chi connectivity index (χ1n) is 6.44. The van der Waals surface area contributed by atoms with Crippen molar-refractivity contribution in [3.8, 4) is 0 Å². The third-order valence-electron chi connectivity index (χ3n) is 2.96. The van der Waals surface area contributed by atoms with E-state index in [1.54, 1.807) is 0 Å². The van der Waals surface area contributed by atoms with Crippen molar-refractivity contribution in [2.24, 2.45) is 0 Å². The number of urea groups is 1. The van der Waals surface area contributed by atoms with Crippen LogP contribution in [0.5, 0.6) is 0 Å². The summed E-state index contributed by atoms with van der Waals surface area (Å²) in [7, 11) is 0. The van der Waals surface area contributed by atoms with E-state index < -0.39 is 0 Å². The SMILES string of the molecule is Cc1cccc(C)c1NC(=O)N(CCO)CCCO. The average Bonchev–Trinajstić information content (AvgIpc) is 2.38. The molecule has 3 N–H and O–H groups in total. The number of aliphatic hydroxyl groups is 2. The van der Waals surface area contributed by atoms with Crippen LogP contribution in [0.2, 0.25) is 0 Å². The van der Waals surface area contributed by atoms with Gasteiger partial charge in [0.25, 0.3) is 0 Å². The molecule has 0 aromatic heterocycles. The molecule has 2 amide bonds. The Bertz CT molecular complexity index is 401. The van der Waals surface area contributed by atoms with Gasteiger partial charge in [0, 0.05) is 25.4 Å². The second kappa shape index (κ2) is 7.76. The number of hydrogen-bond donors (Lipinski definition) is 3. The van der Waals surface area contributed by atoms with E-state index in [0.717, 1.165) is 16.8 Å². The maximum atomic E-state index is 12.1. The first-order valence-corrected chi connectivity index (χ1v) is 6.44. The Balaban J connectivity index is 2.75. The van der Waals surface area contributed by atoms with Gasteiger partial charge in [0.05, 0.1) is 6.61 Å². The van der Waals surface area contributed by atoms with Gasteiger partial charge in [-0.15, -0.1) is 0 Å². The third kappa shape index (κ3) is 4.54. The van der Waals surface area contributed by atoms with Crippen LogP contribution in [-0.2, 0) is 0 Å². The van der Waals surface area contributed by atoms with E-state index >= 15 is 0 Å². The minimum Gasteiger partial charge on any atom is -0.396 e. The van der Waals surface area contributed by atoms with Crippen molar-refractivity contribution in [1.82, 2.24) is 4.90 Å². The highest BCUT2D eigenvalue weighted by Gasteiger charge is 2.14. The molecule has 0 saturated carbocycles. The minimum absolute atomic E-state index is 0.0264. The molecule has 0 aliphatic carbocycles. The van der Waals surface area contributed by atoms with E-state index in [9.17, 15) is 4.79 Å². The first kappa shape index (κ1) is 15.5. The van der Waals surface area contributed by atoms with Crippen molar-refractivity contribution in [2.45, 2.75) is 20.3 Å². The smallest absolute Gasteiger partial charge is 0.321 e. The summed E-state index contributed by atoms with van der Waals surface area (Å²) >= 11 is 0. The Labute approximate surface area is 113 Å². The fourth-order valence-electron chi connectivity index (χ4n) is 1.89.